The third-order valence-corrected chi connectivity index (χ3v) is 15.2. The van der Waals surface area contributed by atoms with E-state index in [0.717, 1.165) is 67.8 Å². The predicted molar refractivity (Wildman–Crippen MR) is 210 cm³/mol. The first-order valence-electron chi connectivity index (χ1n) is 20.1. The Morgan fingerprint density at radius 1 is 1.09 bits per heavy atom. The number of hydrogen-bond donors (Lipinski definition) is 4. The number of carbonyl (C=O) groups excluding carboxylic acids is 3. The Kier molecular flexibility index (Phi) is 9.21. The quantitative estimate of drug-likeness (QED) is 0.127. The molecule has 1 aliphatic carbocycles. The van der Waals surface area contributed by atoms with E-state index in [4.69, 9.17) is 9.59 Å². The number of H-pyrrole nitrogens is 1. The summed E-state index contributed by atoms with van der Waals surface area (Å²) in [6.07, 6.45) is 7.21. The molecule has 296 valence electrons. The van der Waals surface area contributed by atoms with Gasteiger partial charge < -0.3 is 25.2 Å². The molecule has 1 spiro atoms. The molecule has 13 heteroatoms. The van der Waals surface area contributed by atoms with Gasteiger partial charge >= 0.3 is 6.15 Å². The highest BCUT2D eigenvalue weighted by Gasteiger charge is 2.78. The van der Waals surface area contributed by atoms with Gasteiger partial charge in [-0.05, 0) is 110 Å². The van der Waals surface area contributed by atoms with Crippen LogP contribution in [0.5, 0.6) is 0 Å². The number of amides is 1. The summed E-state index contributed by atoms with van der Waals surface area (Å²) < 4.78 is 0. The number of para-hydroxylation sites is 1. The van der Waals surface area contributed by atoms with Crippen LogP contribution in [0, 0.1) is 18.3 Å². The van der Waals surface area contributed by atoms with Crippen molar-refractivity contribution >= 4 is 28.6 Å². The van der Waals surface area contributed by atoms with Gasteiger partial charge in [-0.2, -0.15) is 9.59 Å². The zero-order valence-corrected chi connectivity index (χ0v) is 33.0. The van der Waals surface area contributed by atoms with Crippen LogP contribution in [-0.4, -0.2) is 111 Å². The molecule has 0 radical (unpaired) electrons. The summed E-state index contributed by atoms with van der Waals surface area (Å²) in [5.41, 5.74) is 12.2. The number of aryl methyl sites for hydroxylation is 1. The van der Waals surface area contributed by atoms with Gasteiger partial charge in [0.15, 0.2) is 5.60 Å². The van der Waals surface area contributed by atoms with Crippen molar-refractivity contribution in [3.8, 4) is 0 Å². The molecule has 6 heterocycles. The van der Waals surface area contributed by atoms with Crippen molar-refractivity contribution in [1.29, 1.82) is 0 Å². The fourth-order valence-electron chi connectivity index (χ4n) is 13.1. The largest absolute Gasteiger partial charge is 0.389 e. The van der Waals surface area contributed by atoms with E-state index in [-0.39, 0.29) is 18.1 Å². The van der Waals surface area contributed by atoms with Gasteiger partial charge in [0.05, 0.1) is 11.6 Å². The van der Waals surface area contributed by atoms with Crippen molar-refractivity contribution in [3.05, 3.63) is 86.9 Å². The maximum absolute atomic E-state index is 14.0. The number of aliphatic hydroxyl groups is 3. The van der Waals surface area contributed by atoms with E-state index in [1.54, 1.807) is 0 Å². The Bertz CT molecular complexity index is 2210. The Labute approximate surface area is 327 Å². The summed E-state index contributed by atoms with van der Waals surface area (Å²) in [6.45, 7) is 12.7. The van der Waals surface area contributed by atoms with Gasteiger partial charge in [0.1, 0.15) is 6.10 Å². The van der Waals surface area contributed by atoms with Gasteiger partial charge in [0, 0.05) is 82.7 Å². The molecule has 1 saturated carbocycles. The van der Waals surface area contributed by atoms with Crippen molar-refractivity contribution < 1.29 is 29.7 Å². The number of rotatable bonds is 4. The van der Waals surface area contributed by atoms with E-state index in [1.165, 1.54) is 22.2 Å². The van der Waals surface area contributed by atoms with Crippen molar-refractivity contribution in [3.63, 3.8) is 0 Å². The molecular weight excluding hydrogens is 711 g/mol. The van der Waals surface area contributed by atoms with Gasteiger partial charge in [-0.1, -0.05) is 50.3 Å². The van der Waals surface area contributed by atoms with Crippen molar-refractivity contribution in [2.75, 3.05) is 44.7 Å². The fraction of sp³-hybridized carbons (Fsp3) is 0.581. The van der Waals surface area contributed by atoms with Crippen LogP contribution in [0.25, 0.3) is 21.3 Å². The summed E-state index contributed by atoms with van der Waals surface area (Å²) in [6, 6.07) is 12.2. The van der Waals surface area contributed by atoms with Crippen molar-refractivity contribution in [2.24, 2.45) is 16.4 Å². The standard InChI is InChI=1S/C42H53N7O4.CO2/c1-6-39(52)22-26-21-38(4,33-28(13-17-48(23-26)24-39)27-11-8-9-12-31(27)44-33)29-20-30-32(19-25(29)3)47(5)35-41(30)15-18-49-16-10-14-40(7-2,34(41)49)36(50)42(35,53)37(51)45-46-43;2-1-3/h8-12,14,19-20,26,34-36,44,50,52-53H,6-7,13,15-18,21-24H2,1-5H3;/t26?,34?,35?,36-,38-,39?,40-,41-,42+;/m1./s1. The number of fused-ring (bicyclic) bond motifs is 6. The first-order chi connectivity index (χ1) is 26.7. The summed E-state index contributed by atoms with van der Waals surface area (Å²) in [7, 11) is 1.92. The monoisotopic (exact) mass is 763 g/mol. The lowest BCUT2D eigenvalue weighted by Crippen LogP contribution is -2.80. The number of hydrogen-bond acceptors (Lipinski definition) is 9. The Balaban J connectivity index is 0.00000143. The lowest BCUT2D eigenvalue weighted by atomic mass is 9.47. The summed E-state index contributed by atoms with van der Waals surface area (Å²) in [4.78, 5) is 43.9. The molecule has 13 nitrogen and oxygen atoms in total. The summed E-state index contributed by atoms with van der Waals surface area (Å²) in [5.74, 6) is -0.778. The fourth-order valence-corrected chi connectivity index (χ4v) is 13.1. The van der Waals surface area contributed by atoms with Crippen LogP contribution in [0.1, 0.15) is 80.8 Å². The number of likely N-dealkylation sites (N-methyl/N-ethyl adjacent to an activating group) is 1. The molecule has 9 rings (SSSR count). The lowest BCUT2D eigenvalue weighted by Gasteiger charge is -2.63. The minimum Gasteiger partial charge on any atom is -0.389 e. The maximum atomic E-state index is 14.0. The topological polar surface area (TPSA) is 186 Å². The van der Waals surface area contributed by atoms with E-state index in [0.29, 0.717) is 25.8 Å². The number of aromatic amines is 1. The highest BCUT2D eigenvalue weighted by molar-refractivity contribution is 5.91. The average molecular weight is 764 g/mol. The lowest BCUT2D eigenvalue weighted by molar-refractivity contribution is -0.201. The highest BCUT2D eigenvalue weighted by atomic mass is 16.4. The maximum Gasteiger partial charge on any atom is 0.373 e. The number of carbonyl (C=O) groups is 1. The van der Waals surface area contributed by atoms with E-state index >= 15 is 0 Å². The number of benzene rings is 2. The molecule has 3 aromatic rings. The van der Waals surface area contributed by atoms with Gasteiger partial charge in [0.25, 0.3) is 5.91 Å². The number of nitrogens with zero attached hydrogens (tertiary/aromatic N) is 6. The summed E-state index contributed by atoms with van der Waals surface area (Å²) >= 11 is 0. The molecule has 2 aromatic carbocycles. The first-order valence-corrected chi connectivity index (χ1v) is 20.1. The average Bonchev–Trinajstić information content (AvgIpc) is 3.83. The number of azide groups is 1. The van der Waals surface area contributed by atoms with Crippen LogP contribution in [0.3, 0.4) is 0 Å². The Morgan fingerprint density at radius 3 is 2.55 bits per heavy atom. The Hall–Kier alpha value is -4.32. The number of aliphatic hydroxyl groups excluding tert-OH is 1. The highest BCUT2D eigenvalue weighted by Crippen LogP contribution is 2.67. The molecule has 4 N–H and O–H groups in total. The zero-order valence-electron chi connectivity index (χ0n) is 33.0. The number of aromatic nitrogens is 1. The molecule has 2 saturated heterocycles. The van der Waals surface area contributed by atoms with Crippen LogP contribution in [0.15, 0.2) is 53.7 Å². The minimum absolute atomic E-state index is 0.188. The van der Waals surface area contributed by atoms with Crippen LogP contribution in [-0.2, 0) is 31.6 Å². The smallest absolute Gasteiger partial charge is 0.373 e. The SMILES string of the molecule is CCC1(O)CC2CN(CCc3c([nH]c4ccccc34)[C@@](C)(c3cc4c(cc3C)N(C)C3[C@]45CCN4CC=C[C@](CC)(C45)[C@@H](O)[C@]3(O)C(=O)N=[N+]=[N-])C2)C1.O=C=O. The van der Waals surface area contributed by atoms with Gasteiger partial charge in [-0.15, -0.1) is 0 Å². The molecule has 1 aromatic heterocycles. The first kappa shape index (κ1) is 38.5. The number of piperidine rings is 1. The second-order valence-corrected chi connectivity index (χ2v) is 17.8. The van der Waals surface area contributed by atoms with Crippen LogP contribution >= 0.6 is 0 Å². The number of anilines is 1. The minimum atomic E-state index is -2.35. The van der Waals surface area contributed by atoms with Crippen LogP contribution in [0.2, 0.25) is 0 Å². The third kappa shape index (κ3) is 5.05. The second-order valence-electron chi connectivity index (χ2n) is 17.8. The van der Waals surface area contributed by atoms with Crippen molar-refractivity contribution in [2.45, 2.75) is 106 Å². The molecular formula is C43H53N7O6. The second kappa shape index (κ2) is 13.4. The molecule has 2 bridgehead atoms. The molecule has 56 heavy (non-hydrogen) atoms. The van der Waals surface area contributed by atoms with E-state index in [2.05, 4.69) is 88.1 Å². The van der Waals surface area contributed by atoms with Gasteiger partial charge in [-0.25, -0.2) is 0 Å². The van der Waals surface area contributed by atoms with E-state index in [9.17, 15) is 25.6 Å². The molecule has 5 aliphatic heterocycles. The zero-order chi connectivity index (χ0) is 40.0. The molecule has 3 fully saturated rings. The molecule has 6 aliphatic rings. The molecule has 5 unspecified atom stereocenters. The van der Waals surface area contributed by atoms with Crippen LogP contribution < -0.4 is 4.90 Å². The van der Waals surface area contributed by atoms with Gasteiger partial charge in [-0.3, -0.25) is 14.6 Å². The third-order valence-electron chi connectivity index (χ3n) is 15.2. The molecule has 1 amide bonds. The van der Waals surface area contributed by atoms with Crippen molar-refractivity contribution in [1.82, 2.24) is 14.8 Å². The van der Waals surface area contributed by atoms with E-state index in [1.807, 2.05) is 24.9 Å². The van der Waals surface area contributed by atoms with Gasteiger partial charge in [0.2, 0.25) is 0 Å². The predicted octanol–water partition coefficient (Wildman–Crippen LogP) is 4.65. The van der Waals surface area contributed by atoms with E-state index < -0.39 is 45.5 Å². The number of nitrogens with one attached hydrogen (secondary N) is 1. The van der Waals surface area contributed by atoms with Crippen LogP contribution in [0.4, 0.5) is 5.69 Å². The summed E-state index contributed by atoms with van der Waals surface area (Å²) in [5, 5.41) is 41.7. The Morgan fingerprint density at radius 2 is 1.84 bits per heavy atom. The molecule has 10 atom stereocenters. The normalized spacial score (nSPS) is 38.0.